The molecule has 2 heterocycles. The van der Waals surface area contributed by atoms with E-state index in [2.05, 4.69) is 14.9 Å². The van der Waals surface area contributed by atoms with Crippen molar-refractivity contribution >= 4 is 22.6 Å². The Balaban J connectivity index is 1.53. The van der Waals surface area contributed by atoms with Crippen LogP contribution in [0.15, 0.2) is 50.1 Å². The maximum Gasteiger partial charge on any atom is 0.387 e. The second-order valence-electron chi connectivity index (χ2n) is 6.57. The highest BCUT2D eigenvalue weighted by Crippen LogP contribution is 2.33. The Hall–Kier alpha value is -3.66. The lowest BCUT2D eigenvalue weighted by Gasteiger charge is -2.10. The smallest absolute Gasteiger partial charge is 0.387 e. The van der Waals surface area contributed by atoms with Crippen molar-refractivity contribution in [1.29, 1.82) is 0 Å². The van der Waals surface area contributed by atoms with Crippen molar-refractivity contribution < 1.29 is 31.9 Å². The van der Waals surface area contributed by atoms with Gasteiger partial charge in [-0.05, 0) is 36.8 Å². The first-order valence-corrected chi connectivity index (χ1v) is 9.54. The number of alkyl halides is 2. The van der Waals surface area contributed by atoms with Crippen LogP contribution < -0.4 is 19.8 Å². The van der Waals surface area contributed by atoms with E-state index >= 15 is 0 Å². The molecule has 0 aliphatic carbocycles. The third kappa shape index (κ3) is 4.50. The van der Waals surface area contributed by atoms with Crippen molar-refractivity contribution in [2.75, 3.05) is 7.11 Å². The molecular formula is C21H15ClF2N2O6. The molecule has 0 atom stereocenters. The Kier molecular flexibility index (Phi) is 5.95. The van der Waals surface area contributed by atoms with Crippen molar-refractivity contribution in [3.8, 4) is 28.6 Å². The number of rotatable bonds is 7. The predicted molar refractivity (Wildman–Crippen MR) is 109 cm³/mol. The molecule has 0 spiro atoms. The monoisotopic (exact) mass is 464 g/mol. The summed E-state index contributed by atoms with van der Waals surface area (Å²) in [4.78, 5) is 15.8. The van der Waals surface area contributed by atoms with E-state index < -0.39 is 12.2 Å². The standard InChI is InChI=1S/C21H15ClF2N2O6/c1-10-5-19(27)30-15-8-16(13(22)7-12(10)15)29-9-18-25-20(26-32-18)11-3-4-14(31-21(23)24)17(6-11)28-2/h3-8,21H,9H2,1-2H3. The number of hydrogen-bond donors (Lipinski definition) is 0. The van der Waals surface area contributed by atoms with Crippen LogP contribution in [0.3, 0.4) is 0 Å². The van der Waals surface area contributed by atoms with Crippen LogP contribution in [0.5, 0.6) is 17.2 Å². The van der Waals surface area contributed by atoms with Gasteiger partial charge in [0.15, 0.2) is 18.1 Å². The number of aryl methyl sites for hydroxylation is 1. The quantitative estimate of drug-likeness (QED) is 0.353. The Bertz CT molecular complexity index is 1340. The summed E-state index contributed by atoms with van der Waals surface area (Å²) in [6.07, 6.45) is 0. The van der Waals surface area contributed by atoms with Crippen LogP contribution in [-0.2, 0) is 6.61 Å². The highest BCUT2D eigenvalue weighted by molar-refractivity contribution is 6.32. The van der Waals surface area contributed by atoms with Gasteiger partial charge in [-0.3, -0.25) is 0 Å². The minimum atomic E-state index is -2.98. The third-order valence-electron chi connectivity index (χ3n) is 4.46. The second kappa shape index (κ2) is 8.83. The van der Waals surface area contributed by atoms with E-state index in [1.54, 1.807) is 13.0 Å². The minimum absolute atomic E-state index is 0.0881. The topological polar surface area (TPSA) is 96.8 Å². The summed E-state index contributed by atoms with van der Waals surface area (Å²) in [6, 6.07) is 8.77. The van der Waals surface area contributed by atoms with Crippen molar-refractivity contribution in [2.45, 2.75) is 20.1 Å². The van der Waals surface area contributed by atoms with Crippen LogP contribution in [0.2, 0.25) is 5.02 Å². The number of fused-ring (bicyclic) bond motifs is 1. The molecule has 11 heteroatoms. The second-order valence-corrected chi connectivity index (χ2v) is 6.98. The number of aromatic nitrogens is 2. The van der Waals surface area contributed by atoms with E-state index in [1.807, 2.05) is 0 Å². The third-order valence-corrected chi connectivity index (χ3v) is 4.76. The molecule has 0 fully saturated rings. The summed E-state index contributed by atoms with van der Waals surface area (Å²) in [5, 5.41) is 4.86. The summed E-state index contributed by atoms with van der Waals surface area (Å²) in [7, 11) is 1.32. The lowest BCUT2D eigenvalue weighted by Crippen LogP contribution is -2.03. The fourth-order valence-corrected chi connectivity index (χ4v) is 3.22. The fraction of sp³-hybridized carbons (Fsp3) is 0.190. The maximum absolute atomic E-state index is 12.5. The number of benzene rings is 2. The number of nitrogens with zero attached hydrogens (tertiary/aromatic N) is 2. The molecule has 0 amide bonds. The molecule has 0 aliphatic rings. The first kappa shape index (κ1) is 21.6. The molecule has 4 aromatic rings. The van der Waals surface area contributed by atoms with Gasteiger partial charge in [-0.25, -0.2) is 4.79 Å². The first-order valence-electron chi connectivity index (χ1n) is 9.16. The molecule has 166 valence electrons. The largest absolute Gasteiger partial charge is 0.493 e. The molecule has 0 saturated heterocycles. The Morgan fingerprint density at radius 1 is 1.12 bits per heavy atom. The van der Waals surface area contributed by atoms with E-state index in [-0.39, 0.29) is 35.6 Å². The van der Waals surface area contributed by atoms with Gasteiger partial charge >= 0.3 is 12.2 Å². The molecular weight excluding hydrogens is 450 g/mol. The number of hydrogen-bond acceptors (Lipinski definition) is 8. The average Bonchev–Trinajstić information content (AvgIpc) is 3.22. The molecule has 0 radical (unpaired) electrons. The molecule has 2 aromatic heterocycles. The van der Waals surface area contributed by atoms with Gasteiger partial charge in [-0.15, -0.1) is 0 Å². The van der Waals surface area contributed by atoms with E-state index in [1.165, 1.54) is 37.4 Å². The first-order chi connectivity index (χ1) is 15.3. The highest BCUT2D eigenvalue weighted by Gasteiger charge is 2.16. The van der Waals surface area contributed by atoms with Crippen molar-refractivity contribution in [1.82, 2.24) is 10.1 Å². The zero-order valence-electron chi connectivity index (χ0n) is 16.7. The van der Waals surface area contributed by atoms with E-state index in [4.69, 9.17) is 30.0 Å². The Labute approximate surface area is 184 Å². The maximum atomic E-state index is 12.5. The van der Waals surface area contributed by atoms with Gasteiger partial charge in [-0.1, -0.05) is 16.8 Å². The van der Waals surface area contributed by atoms with E-state index in [0.29, 0.717) is 21.6 Å². The van der Waals surface area contributed by atoms with Crippen LogP contribution in [-0.4, -0.2) is 23.9 Å². The summed E-state index contributed by atoms with van der Waals surface area (Å²) in [5.74, 6) is 0.560. The molecule has 0 saturated carbocycles. The molecule has 4 rings (SSSR count). The van der Waals surface area contributed by atoms with Crippen LogP contribution in [0.25, 0.3) is 22.4 Å². The normalized spacial score (nSPS) is 11.2. The van der Waals surface area contributed by atoms with Crippen molar-refractivity contribution in [3.05, 3.63) is 63.3 Å². The molecule has 0 bridgehead atoms. The van der Waals surface area contributed by atoms with Crippen LogP contribution >= 0.6 is 11.6 Å². The van der Waals surface area contributed by atoms with Gasteiger partial charge in [0.1, 0.15) is 11.3 Å². The summed E-state index contributed by atoms with van der Waals surface area (Å²) >= 11 is 6.28. The van der Waals surface area contributed by atoms with Gasteiger partial charge < -0.3 is 23.2 Å². The van der Waals surface area contributed by atoms with Crippen molar-refractivity contribution in [2.24, 2.45) is 0 Å². The van der Waals surface area contributed by atoms with Gasteiger partial charge in [0.25, 0.3) is 5.89 Å². The molecule has 2 aromatic carbocycles. The van der Waals surface area contributed by atoms with Gasteiger partial charge in [0.05, 0.1) is 12.1 Å². The van der Waals surface area contributed by atoms with Crippen LogP contribution in [0.4, 0.5) is 8.78 Å². The van der Waals surface area contributed by atoms with Gasteiger partial charge in [0.2, 0.25) is 5.82 Å². The molecule has 0 aliphatic heterocycles. The SMILES string of the molecule is COc1cc(-c2noc(COc3cc4oc(=O)cc(C)c4cc3Cl)n2)ccc1OC(F)F. The van der Waals surface area contributed by atoms with Crippen LogP contribution in [0, 0.1) is 6.92 Å². The summed E-state index contributed by atoms with van der Waals surface area (Å²) in [5.41, 5.74) is 1.04. The molecule has 0 unspecified atom stereocenters. The lowest BCUT2D eigenvalue weighted by molar-refractivity contribution is -0.0512. The van der Waals surface area contributed by atoms with Gasteiger partial charge in [-0.2, -0.15) is 13.8 Å². The number of halogens is 3. The highest BCUT2D eigenvalue weighted by atomic mass is 35.5. The van der Waals surface area contributed by atoms with E-state index in [9.17, 15) is 13.6 Å². The molecule has 8 nitrogen and oxygen atoms in total. The average molecular weight is 465 g/mol. The predicted octanol–water partition coefficient (Wildman–Crippen LogP) is 4.99. The zero-order valence-corrected chi connectivity index (χ0v) is 17.5. The zero-order chi connectivity index (χ0) is 22.8. The summed E-state index contributed by atoms with van der Waals surface area (Å²) in [6.45, 7) is -1.32. The van der Waals surface area contributed by atoms with E-state index in [0.717, 1.165) is 5.56 Å². The minimum Gasteiger partial charge on any atom is -0.493 e. The molecule has 0 N–H and O–H groups in total. The molecule has 32 heavy (non-hydrogen) atoms. The number of methoxy groups -OCH3 is 1. The Morgan fingerprint density at radius 3 is 2.69 bits per heavy atom. The summed E-state index contributed by atoms with van der Waals surface area (Å²) < 4.78 is 50.4. The van der Waals surface area contributed by atoms with Crippen LogP contribution in [0.1, 0.15) is 11.5 Å². The lowest BCUT2D eigenvalue weighted by atomic mass is 10.1. The fourth-order valence-electron chi connectivity index (χ4n) is 3.00. The van der Waals surface area contributed by atoms with Crippen molar-refractivity contribution in [3.63, 3.8) is 0 Å². The Morgan fingerprint density at radius 2 is 1.94 bits per heavy atom. The van der Waals surface area contributed by atoms with Gasteiger partial charge in [0, 0.05) is 23.1 Å². The number of ether oxygens (including phenoxy) is 3.